The second kappa shape index (κ2) is 10.6. The standard InChI is InChI=1S/C19H21N5O2.C2HF3O2/c1-23(2)17(25)11-21-10-13-6-8-15(9-7-13)24-12-14-4-3-5-16(19(20)26)18(14)22-24;3-2(4,5)1(6)7/h3-9,12,21H,10-11H2,1-2H3,(H2,20,26);(H,6,7). The van der Waals surface area contributed by atoms with Gasteiger partial charge in [0.2, 0.25) is 5.91 Å². The number of nitrogens with one attached hydrogen (secondary N) is 1. The Labute approximate surface area is 186 Å². The normalized spacial score (nSPS) is 10.9. The molecule has 1 aromatic heterocycles. The van der Waals surface area contributed by atoms with E-state index in [4.69, 9.17) is 15.6 Å². The van der Waals surface area contributed by atoms with Crippen LogP contribution >= 0.6 is 0 Å². The Kier molecular flexibility index (Phi) is 8.13. The van der Waals surface area contributed by atoms with Crippen LogP contribution in [0.1, 0.15) is 15.9 Å². The molecule has 0 aliphatic heterocycles. The lowest BCUT2D eigenvalue weighted by atomic mass is 10.1. The summed E-state index contributed by atoms with van der Waals surface area (Å²) >= 11 is 0. The van der Waals surface area contributed by atoms with E-state index in [1.54, 1.807) is 35.8 Å². The Morgan fingerprint density at radius 2 is 1.73 bits per heavy atom. The topological polar surface area (TPSA) is 131 Å². The van der Waals surface area contributed by atoms with Gasteiger partial charge in [0.15, 0.2) is 0 Å². The van der Waals surface area contributed by atoms with Crippen molar-refractivity contribution in [1.82, 2.24) is 20.0 Å². The van der Waals surface area contributed by atoms with E-state index in [0.29, 0.717) is 24.2 Å². The quantitative estimate of drug-likeness (QED) is 0.510. The monoisotopic (exact) mass is 465 g/mol. The average Bonchev–Trinajstić information content (AvgIpc) is 3.18. The number of aliphatic carboxylic acids is 1. The molecule has 0 spiro atoms. The highest BCUT2D eigenvalue weighted by atomic mass is 19.4. The van der Waals surface area contributed by atoms with Crippen molar-refractivity contribution in [2.75, 3.05) is 20.6 Å². The number of likely N-dealkylation sites (N-methyl/N-ethyl adjacent to an activating group) is 1. The molecular formula is C21H22F3N5O4. The first-order valence-electron chi connectivity index (χ1n) is 9.48. The lowest BCUT2D eigenvalue weighted by Crippen LogP contribution is -2.32. The molecule has 0 radical (unpaired) electrons. The molecule has 0 bridgehead atoms. The number of amides is 2. The molecule has 0 saturated heterocycles. The first kappa shape index (κ1) is 25.3. The fourth-order valence-electron chi connectivity index (χ4n) is 2.62. The number of fused-ring (bicyclic) bond motifs is 1. The SMILES string of the molecule is CN(C)C(=O)CNCc1ccc(-n2cc3cccc(C(N)=O)c3n2)cc1.O=C(O)C(F)(F)F. The Morgan fingerprint density at radius 1 is 1.12 bits per heavy atom. The second-order valence-electron chi connectivity index (χ2n) is 7.04. The minimum absolute atomic E-state index is 0.0371. The molecule has 9 nitrogen and oxygen atoms in total. The summed E-state index contributed by atoms with van der Waals surface area (Å²) in [6, 6.07) is 13.2. The van der Waals surface area contributed by atoms with Crippen LogP contribution in [0.3, 0.4) is 0 Å². The molecular weight excluding hydrogens is 443 g/mol. The van der Waals surface area contributed by atoms with E-state index in [1.807, 2.05) is 36.5 Å². The van der Waals surface area contributed by atoms with Gasteiger partial charge in [-0.15, -0.1) is 0 Å². The molecule has 0 fully saturated rings. The summed E-state index contributed by atoms with van der Waals surface area (Å²) in [5.74, 6) is -3.21. The van der Waals surface area contributed by atoms with E-state index >= 15 is 0 Å². The Morgan fingerprint density at radius 3 is 2.24 bits per heavy atom. The van der Waals surface area contributed by atoms with E-state index in [1.165, 1.54) is 0 Å². The van der Waals surface area contributed by atoms with Crippen LogP contribution in [0.2, 0.25) is 0 Å². The zero-order chi connectivity index (χ0) is 24.8. The van der Waals surface area contributed by atoms with Crippen LogP contribution in [0.25, 0.3) is 16.6 Å². The van der Waals surface area contributed by atoms with Crippen LogP contribution in [0, 0.1) is 0 Å². The lowest BCUT2D eigenvalue weighted by Gasteiger charge is -2.11. The van der Waals surface area contributed by atoms with Crippen molar-refractivity contribution in [1.29, 1.82) is 0 Å². The lowest BCUT2D eigenvalue weighted by molar-refractivity contribution is -0.192. The zero-order valence-corrected chi connectivity index (χ0v) is 17.8. The molecule has 3 aromatic rings. The van der Waals surface area contributed by atoms with Gasteiger partial charge in [0.05, 0.1) is 17.8 Å². The number of aromatic nitrogens is 2. The van der Waals surface area contributed by atoms with Crippen LogP contribution in [0.15, 0.2) is 48.7 Å². The first-order chi connectivity index (χ1) is 15.4. The predicted octanol–water partition coefficient (Wildman–Crippen LogP) is 1.94. The number of rotatable bonds is 6. The summed E-state index contributed by atoms with van der Waals surface area (Å²) in [6.07, 6.45) is -3.22. The second-order valence-corrected chi connectivity index (χ2v) is 7.04. The molecule has 2 aromatic carbocycles. The molecule has 4 N–H and O–H groups in total. The molecule has 0 aliphatic carbocycles. The number of hydrogen-bond donors (Lipinski definition) is 3. The van der Waals surface area contributed by atoms with E-state index in [2.05, 4.69) is 10.4 Å². The van der Waals surface area contributed by atoms with E-state index in [9.17, 15) is 22.8 Å². The molecule has 1 heterocycles. The van der Waals surface area contributed by atoms with Gasteiger partial charge in [0, 0.05) is 32.2 Å². The van der Waals surface area contributed by atoms with Crippen molar-refractivity contribution >= 4 is 28.7 Å². The number of carbonyl (C=O) groups is 3. The minimum atomic E-state index is -5.08. The van der Waals surface area contributed by atoms with E-state index < -0.39 is 18.1 Å². The summed E-state index contributed by atoms with van der Waals surface area (Å²) in [4.78, 5) is 33.5. The van der Waals surface area contributed by atoms with Gasteiger partial charge in [-0.1, -0.05) is 24.3 Å². The molecule has 176 valence electrons. The smallest absolute Gasteiger partial charge is 0.475 e. The van der Waals surface area contributed by atoms with Crippen molar-refractivity contribution in [3.63, 3.8) is 0 Å². The fourth-order valence-corrected chi connectivity index (χ4v) is 2.62. The fraction of sp³-hybridized carbons (Fsp3) is 0.238. The minimum Gasteiger partial charge on any atom is -0.475 e. The number of carboxylic acids is 1. The Bertz CT molecular complexity index is 1140. The predicted molar refractivity (Wildman–Crippen MR) is 114 cm³/mol. The summed E-state index contributed by atoms with van der Waals surface area (Å²) < 4.78 is 33.5. The highest BCUT2D eigenvalue weighted by Gasteiger charge is 2.38. The maximum atomic E-state index is 11.6. The number of benzene rings is 2. The molecule has 2 amide bonds. The van der Waals surface area contributed by atoms with Gasteiger partial charge >= 0.3 is 12.1 Å². The van der Waals surface area contributed by atoms with Crippen molar-refractivity contribution in [3.05, 3.63) is 59.8 Å². The number of carbonyl (C=O) groups excluding carboxylic acids is 2. The number of halogens is 3. The van der Waals surface area contributed by atoms with Crippen molar-refractivity contribution in [2.45, 2.75) is 12.7 Å². The number of hydrogen-bond acceptors (Lipinski definition) is 5. The van der Waals surface area contributed by atoms with E-state index in [0.717, 1.165) is 16.6 Å². The summed E-state index contributed by atoms with van der Waals surface area (Å²) in [6.45, 7) is 0.905. The van der Waals surface area contributed by atoms with Crippen LogP contribution in [0.4, 0.5) is 13.2 Å². The van der Waals surface area contributed by atoms with Crippen molar-refractivity contribution < 1.29 is 32.7 Å². The summed E-state index contributed by atoms with van der Waals surface area (Å²) in [5, 5.41) is 15.6. The summed E-state index contributed by atoms with van der Waals surface area (Å²) in [7, 11) is 3.47. The number of primary amides is 1. The maximum Gasteiger partial charge on any atom is 0.490 e. The molecule has 0 atom stereocenters. The van der Waals surface area contributed by atoms with Crippen LogP contribution in [-0.2, 0) is 16.1 Å². The largest absolute Gasteiger partial charge is 0.490 e. The molecule has 0 aliphatic rings. The number of nitrogens with two attached hydrogens (primary N) is 1. The molecule has 0 unspecified atom stereocenters. The van der Waals surface area contributed by atoms with Gasteiger partial charge in [-0.05, 0) is 23.8 Å². The number of carboxylic acid groups (broad SMARTS) is 1. The Balaban J connectivity index is 0.000000479. The molecule has 33 heavy (non-hydrogen) atoms. The van der Waals surface area contributed by atoms with Gasteiger partial charge in [-0.2, -0.15) is 18.3 Å². The average molecular weight is 465 g/mol. The van der Waals surface area contributed by atoms with Crippen LogP contribution in [0.5, 0.6) is 0 Å². The van der Waals surface area contributed by atoms with Gasteiger partial charge in [-0.3, -0.25) is 9.59 Å². The number of nitrogens with zero attached hydrogens (tertiary/aromatic N) is 3. The van der Waals surface area contributed by atoms with Crippen LogP contribution < -0.4 is 11.1 Å². The zero-order valence-electron chi connectivity index (χ0n) is 17.8. The molecule has 3 rings (SSSR count). The highest BCUT2D eigenvalue weighted by molar-refractivity contribution is 6.04. The van der Waals surface area contributed by atoms with Crippen molar-refractivity contribution in [2.24, 2.45) is 5.73 Å². The third-order valence-electron chi connectivity index (χ3n) is 4.35. The molecule has 0 saturated carbocycles. The number of alkyl halides is 3. The first-order valence-corrected chi connectivity index (χ1v) is 9.48. The van der Waals surface area contributed by atoms with Gasteiger partial charge < -0.3 is 21.1 Å². The van der Waals surface area contributed by atoms with Crippen LogP contribution in [-0.4, -0.2) is 64.4 Å². The summed E-state index contributed by atoms with van der Waals surface area (Å²) in [5.41, 5.74) is 8.36. The molecule has 12 heteroatoms. The van der Waals surface area contributed by atoms with E-state index in [-0.39, 0.29) is 5.91 Å². The third kappa shape index (κ3) is 7.04. The van der Waals surface area contributed by atoms with Gasteiger partial charge in [0.1, 0.15) is 5.52 Å². The van der Waals surface area contributed by atoms with Gasteiger partial charge in [-0.25, -0.2) is 9.48 Å². The van der Waals surface area contributed by atoms with Crippen molar-refractivity contribution in [3.8, 4) is 5.69 Å². The highest BCUT2D eigenvalue weighted by Crippen LogP contribution is 2.19. The Hall–Kier alpha value is -3.93. The van der Waals surface area contributed by atoms with Gasteiger partial charge in [0.25, 0.3) is 5.91 Å². The maximum absolute atomic E-state index is 11.6. The third-order valence-corrected chi connectivity index (χ3v) is 4.35.